The maximum atomic E-state index is 12.7. The molecule has 27 heavy (non-hydrogen) atoms. The number of nitrogens with zero attached hydrogens (tertiary/aromatic N) is 3. The largest absolute Gasteiger partial charge is 0.466 e. The first-order chi connectivity index (χ1) is 13.2. The Morgan fingerprint density at radius 3 is 2.22 bits per heavy atom. The zero-order valence-electron chi connectivity index (χ0n) is 14.6. The van der Waals surface area contributed by atoms with Crippen LogP contribution in [0.5, 0.6) is 5.75 Å². The fraction of sp³-hybridized carbons (Fsp3) is 0.0952. The summed E-state index contributed by atoms with van der Waals surface area (Å²) in [7, 11) is 0. The first-order valence-electron chi connectivity index (χ1n) is 8.54. The summed E-state index contributed by atoms with van der Waals surface area (Å²) in [6.07, 6.45) is 7.88. The Bertz CT molecular complexity index is 972. The first-order valence-corrected chi connectivity index (χ1v) is 8.54. The van der Waals surface area contributed by atoms with E-state index in [-0.39, 0.29) is 11.8 Å². The smallest absolute Gasteiger partial charge is 0.264 e. The van der Waals surface area contributed by atoms with E-state index in [9.17, 15) is 9.59 Å². The predicted molar refractivity (Wildman–Crippen MR) is 99.7 cm³/mol. The van der Waals surface area contributed by atoms with Crippen molar-refractivity contribution in [2.75, 3.05) is 0 Å². The summed E-state index contributed by atoms with van der Waals surface area (Å²) in [5.41, 5.74) is 1.73. The van der Waals surface area contributed by atoms with E-state index in [0.29, 0.717) is 16.9 Å². The highest BCUT2D eigenvalue weighted by Gasteiger charge is 2.39. The van der Waals surface area contributed by atoms with Crippen molar-refractivity contribution in [1.29, 1.82) is 0 Å². The van der Waals surface area contributed by atoms with E-state index in [1.165, 1.54) is 0 Å². The molecule has 2 aromatic carbocycles. The SMILES string of the molecule is C/C=C/C(Oc1ccc(-n2ccnc2)cc1)N1C(=O)c2ccccc2C1=O. The third-order valence-electron chi connectivity index (χ3n) is 4.33. The molecule has 1 aliphatic rings. The molecule has 1 unspecified atom stereocenters. The zero-order chi connectivity index (χ0) is 18.8. The summed E-state index contributed by atoms with van der Waals surface area (Å²) in [4.78, 5) is 30.6. The normalized spacial score (nSPS) is 14.6. The topological polar surface area (TPSA) is 64.4 Å². The van der Waals surface area contributed by atoms with Gasteiger partial charge >= 0.3 is 0 Å². The second-order valence-electron chi connectivity index (χ2n) is 6.02. The van der Waals surface area contributed by atoms with Crippen molar-refractivity contribution >= 4 is 11.8 Å². The molecule has 2 heterocycles. The molecule has 1 atom stereocenters. The highest BCUT2D eigenvalue weighted by Crippen LogP contribution is 2.27. The Morgan fingerprint density at radius 1 is 1.00 bits per heavy atom. The molecule has 0 aliphatic carbocycles. The van der Waals surface area contributed by atoms with E-state index < -0.39 is 6.23 Å². The number of imidazole rings is 1. The van der Waals surface area contributed by atoms with E-state index in [1.807, 2.05) is 29.8 Å². The molecule has 6 nitrogen and oxygen atoms in total. The molecule has 0 fully saturated rings. The molecule has 0 saturated carbocycles. The molecule has 0 saturated heterocycles. The van der Waals surface area contributed by atoms with E-state index >= 15 is 0 Å². The molecule has 3 aromatic rings. The molecule has 134 valence electrons. The molecule has 6 heteroatoms. The lowest BCUT2D eigenvalue weighted by molar-refractivity contribution is 0.0373. The minimum absolute atomic E-state index is 0.353. The number of carbonyl (C=O) groups is 2. The molecular formula is C21H17N3O3. The van der Waals surface area contributed by atoms with Gasteiger partial charge in [-0.05, 0) is 49.4 Å². The lowest BCUT2D eigenvalue weighted by atomic mass is 10.1. The Kier molecular flexibility index (Phi) is 4.30. The third-order valence-corrected chi connectivity index (χ3v) is 4.33. The molecule has 1 aromatic heterocycles. The van der Waals surface area contributed by atoms with Gasteiger partial charge in [0.15, 0.2) is 0 Å². The van der Waals surface area contributed by atoms with Crippen molar-refractivity contribution in [3.05, 3.63) is 90.5 Å². The van der Waals surface area contributed by atoms with Crippen LogP contribution in [0.25, 0.3) is 5.69 Å². The van der Waals surface area contributed by atoms with Crippen LogP contribution in [-0.4, -0.2) is 32.5 Å². The number of aromatic nitrogens is 2. The van der Waals surface area contributed by atoms with Crippen LogP contribution < -0.4 is 4.74 Å². The summed E-state index contributed by atoms with van der Waals surface area (Å²) in [5, 5.41) is 0. The monoisotopic (exact) mass is 359 g/mol. The van der Waals surface area contributed by atoms with Crippen molar-refractivity contribution in [1.82, 2.24) is 14.5 Å². The maximum absolute atomic E-state index is 12.7. The van der Waals surface area contributed by atoms with Crippen molar-refractivity contribution < 1.29 is 14.3 Å². The summed E-state index contributed by atoms with van der Waals surface area (Å²) in [6, 6.07) is 14.2. The highest BCUT2D eigenvalue weighted by atomic mass is 16.5. The number of carbonyl (C=O) groups excluding carboxylic acids is 2. The van der Waals surface area contributed by atoms with Crippen LogP contribution >= 0.6 is 0 Å². The predicted octanol–water partition coefficient (Wildman–Crippen LogP) is 3.45. The minimum atomic E-state index is -0.818. The number of ether oxygens (including phenoxy) is 1. The second kappa shape index (κ2) is 6.92. The van der Waals surface area contributed by atoms with Gasteiger partial charge in [0.05, 0.1) is 17.5 Å². The zero-order valence-corrected chi connectivity index (χ0v) is 14.6. The number of benzene rings is 2. The van der Waals surface area contributed by atoms with Gasteiger partial charge in [0.1, 0.15) is 5.75 Å². The first kappa shape index (κ1) is 16.8. The molecule has 0 radical (unpaired) electrons. The minimum Gasteiger partial charge on any atom is -0.466 e. The van der Waals surface area contributed by atoms with E-state index in [4.69, 9.17) is 4.74 Å². The van der Waals surface area contributed by atoms with Crippen LogP contribution in [0.3, 0.4) is 0 Å². The molecule has 0 spiro atoms. The number of amides is 2. The van der Waals surface area contributed by atoms with Crippen molar-refractivity contribution in [3.8, 4) is 11.4 Å². The van der Waals surface area contributed by atoms with Crippen molar-refractivity contribution in [3.63, 3.8) is 0 Å². The van der Waals surface area contributed by atoms with Gasteiger partial charge in [-0.1, -0.05) is 18.2 Å². The molecule has 1 aliphatic heterocycles. The van der Waals surface area contributed by atoms with Gasteiger partial charge in [-0.3, -0.25) is 9.59 Å². The summed E-state index contributed by atoms with van der Waals surface area (Å²) in [6.45, 7) is 1.82. The van der Waals surface area contributed by atoms with Gasteiger partial charge in [0.2, 0.25) is 6.23 Å². The number of rotatable bonds is 5. The molecule has 0 bridgehead atoms. The maximum Gasteiger partial charge on any atom is 0.264 e. The third kappa shape index (κ3) is 3.01. The molecule has 2 amide bonds. The number of imide groups is 1. The quantitative estimate of drug-likeness (QED) is 0.517. The number of fused-ring (bicyclic) bond motifs is 1. The van der Waals surface area contributed by atoms with Gasteiger partial charge in [0.25, 0.3) is 11.8 Å². The number of hydrogen-bond donors (Lipinski definition) is 0. The fourth-order valence-electron chi connectivity index (χ4n) is 3.03. The average molecular weight is 359 g/mol. The fourth-order valence-corrected chi connectivity index (χ4v) is 3.03. The lowest BCUT2D eigenvalue weighted by Crippen LogP contribution is -2.42. The van der Waals surface area contributed by atoms with Crippen LogP contribution in [0.1, 0.15) is 27.6 Å². The summed E-state index contributed by atoms with van der Waals surface area (Å²) in [5.74, 6) is -0.152. The number of hydrogen-bond acceptors (Lipinski definition) is 4. The van der Waals surface area contributed by atoms with Crippen LogP contribution in [0.15, 0.2) is 79.4 Å². The van der Waals surface area contributed by atoms with Crippen molar-refractivity contribution in [2.45, 2.75) is 13.2 Å². The van der Waals surface area contributed by atoms with Crippen LogP contribution in [0.4, 0.5) is 0 Å². The Hall–Kier alpha value is -3.67. The second-order valence-corrected chi connectivity index (χ2v) is 6.02. The van der Waals surface area contributed by atoms with Crippen molar-refractivity contribution in [2.24, 2.45) is 0 Å². The van der Waals surface area contributed by atoms with Gasteiger partial charge in [0, 0.05) is 18.1 Å². The van der Waals surface area contributed by atoms with Crippen LogP contribution in [0, 0.1) is 0 Å². The number of allylic oxidation sites excluding steroid dienone is 1. The molecular weight excluding hydrogens is 342 g/mol. The Balaban J connectivity index is 1.59. The van der Waals surface area contributed by atoms with Crippen LogP contribution in [0.2, 0.25) is 0 Å². The van der Waals surface area contributed by atoms with Gasteiger partial charge in [-0.15, -0.1) is 0 Å². The standard InChI is InChI=1S/C21H17N3O3/c1-2-5-19(24-20(25)17-6-3-4-7-18(17)21(24)26)27-16-10-8-15(9-11-16)23-13-12-22-14-23/h2-14,19H,1H3/b5-2+. The van der Waals surface area contributed by atoms with E-state index in [2.05, 4.69) is 4.98 Å². The average Bonchev–Trinajstić information content (AvgIpc) is 3.31. The van der Waals surface area contributed by atoms with E-state index in [1.54, 1.807) is 61.1 Å². The van der Waals surface area contributed by atoms with Gasteiger partial charge in [-0.2, -0.15) is 0 Å². The Labute approximate surface area is 156 Å². The lowest BCUT2D eigenvalue weighted by Gasteiger charge is -2.24. The highest BCUT2D eigenvalue weighted by molar-refractivity contribution is 6.21. The van der Waals surface area contributed by atoms with E-state index in [0.717, 1.165) is 10.6 Å². The van der Waals surface area contributed by atoms with Gasteiger partial charge in [-0.25, -0.2) is 9.88 Å². The van der Waals surface area contributed by atoms with Crippen LogP contribution in [-0.2, 0) is 0 Å². The van der Waals surface area contributed by atoms with Gasteiger partial charge < -0.3 is 9.30 Å². The molecule has 4 rings (SSSR count). The Morgan fingerprint density at radius 2 is 1.67 bits per heavy atom. The summed E-state index contributed by atoms with van der Waals surface area (Å²) >= 11 is 0. The summed E-state index contributed by atoms with van der Waals surface area (Å²) < 4.78 is 7.83. The molecule has 0 N–H and O–H groups in total.